The van der Waals surface area contributed by atoms with Crippen LogP contribution in [0.5, 0.6) is 0 Å². The van der Waals surface area contributed by atoms with Gasteiger partial charge >= 0.3 is 0 Å². The molecule has 1 aliphatic carbocycles. The Bertz CT molecular complexity index is 296. The maximum absolute atomic E-state index is 11.8. The third-order valence-corrected chi connectivity index (χ3v) is 9.07. The number of carbonyl (C=O) groups is 1. The topological polar surface area (TPSA) is 26.3 Å². The lowest BCUT2D eigenvalue weighted by atomic mass is 9.86. The highest BCUT2D eigenvalue weighted by atomic mass is 35.5. The van der Waals surface area contributed by atoms with E-state index in [1.54, 1.807) is 0 Å². The lowest BCUT2D eigenvalue weighted by molar-refractivity contribution is -0.127. The first-order valence-electron chi connectivity index (χ1n) is 6.39. The van der Waals surface area contributed by atoms with E-state index in [0.29, 0.717) is 6.42 Å². The molecule has 0 aromatic heterocycles. The summed E-state index contributed by atoms with van der Waals surface area (Å²) < 4.78 is 6.33. The minimum atomic E-state index is -1.80. The normalized spacial score (nSPS) is 31.7. The van der Waals surface area contributed by atoms with Crippen molar-refractivity contribution in [3.05, 3.63) is 0 Å². The van der Waals surface area contributed by atoms with E-state index >= 15 is 0 Å². The average Bonchev–Trinajstić information content (AvgIpc) is 2.11. The monoisotopic (exact) mass is 276 g/mol. The van der Waals surface area contributed by atoms with Crippen molar-refractivity contribution in [1.29, 1.82) is 0 Å². The van der Waals surface area contributed by atoms with Gasteiger partial charge in [-0.2, -0.15) is 0 Å². The maximum Gasteiger partial charge on any atom is 0.192 e. The van der Waals surface area contributed by atoms with Crippen molar-refractivity contribution in [2.24, 2.45) is 5.92 Å². The average molecular weight is 277 g/mol. The van der Waals surface area contributed by atoms with Crippen molar-refractivity contribution in [1.82, 2.24) is 0 Å². The van der Waals surface area contributed by atoms with E-state index in [0.717, 1.165) is 6.42 Å². The fourth-order valence-corrected chi connectivity index (χ4v) is 3.59. The Morgan fingerprint density at radius 1 is 1.35 bits per heavy atom. The van der Waals surface area contributed by atoms with Gasteiger partial charge < -0.3 is 4.43 Å². The van der Waals surface area contributed by atoms with Gasteiger partial charge in [-0.25, -0.2) is 0 Å². The lowest BCUT2D eigenvalue weighted by Gasteiger charge is -2.42. The molecule has 3 atom stereocenters. The zero-order chi connectivity index (χ0) is 13.4. The first-order chi connectivity index (χ1) is 7.54. The predicted octanol–water partition coefficient (Wildman–Crippen LogP) is 3.98. The number of hydrogen-bond donors (Lipinski definition) is 0. The zero-order valence-corrected chi connectivity index (χ0v) is 13.6. The van der Waals surface area contributed by atoms with Gasteiger partial charge in [-0.05, 0) is 24.6 Å². The van der Waals surface area contributed by atoms with E-state index < -0.39 is 8.32 Å². The van der Waals surface area contributed by atoms with Gasteiger partial charge in [0.05, 0.1) is 6.10 Å². The first-order valence-corrected chi connectivity index (χ1v) is 9.73. The van der Waals surface area contributed by atoms with Crippen molar-refractivity contribution in [2.75, 3.05) is 0 Å². The number of carbonyl (C=O) groups excluding carboxylic acids is 1. The van der Waals surface area contributed by atoms with Gasteiger partial charge in [-0.1, -0.05) is 27.7 Å². The van der Waals surface area contributed by atoms with E-state index in [2.05, 4.69) is 33.9 Å². The van der Waals surface area contributed by atoms with Gasteiger partial charge in [-0.3, -0.25) is 4.79 Å². The van der Waals surface area contributed by atoms with Crippen LogP contribution in [0.3, 0.4) is 0 Å². The van der Waals surface area contributed by atoms with E-state index in [-0.39, 0.29) is 28.2 Å². The molecule has 0 aromatic rings. The number of Topliss-reactive ketones (excluding diaryl/α,β-unsaturated/α-hetero) is 1. The summed E-state index contributed by atoms with van der Waals surface area (Å²) in [6, 6.07) is 0. The standard InChI is InChI=1S/C13H25ClO2Si/c1-9-11(15)7-10(14)8-12(9)16-17(5,6)13(2,3)4/h9-10,12H,7-8H2,1-6H3/t9-,10?,12+/m1/s1. The van der Waals surface area contributed by atoms with Gasteiger partial charge in [0.25, 0.3) is 0 Å². The quantitative estimate of drug-likeness (QED) is 0.563. The third kappa shape index (κ3) is 3.55. The second kappa shape index (κ2) is 5.02. The van der Waals surface area contributed by atoms with Crippen LogP contribution in [0.1, 0.15) is 40.5 Å². The van der Waals surface area contributed by atoms with Gasteiger partial charge in [0.2, 0.25) is 0 Å². The van der Waals surface area contributed by atoms with Crippen LogP contribution in [-0.2, 0) is 9.22 Å². The van der Waals surface area contributed by atoms with Crippen LogP contribution in [0.2, 0.25) is 18.1 Å². The summed E-state index contributed by atoms with van der Waals surface area (Å²) in [7, 11) is -1.80. The number of hydrogen-bond acceptors (Lipinski definition) is 2. The summed E-state index contributed by atoms with van der Waals surface area (Å²) in [6.45, 7) is 13.1. The molecule has 17 heavy (non-hydrogen) atoms. The fourth-order valence-electron chi connectivity index (χ4n) is 1.86. The van der Waals surface area contributed by atoms with Crippen molar-refractivity contribution >= 4 is 25.7 Å². The van der Waals surface area contributed by atoms with Crippen molar-refractivity contribution < 1.29 is 9.22 Å². The highest BCUT2D eigenvalue weighted by molar-refractivity contribution is 6.74. The largest absolute Gasteiger partial charge is 0.413 e. The summed E-state index contributed by atoms with van der Waals surface area (Å²) in [5.74, 6) is 0.249. The van der Waals surface area contributed by atoms with Gasteiger partial charge in [0.15, 0.2) is 8.32 Å². The number of rotatable bonds is 2. The molecule has 1 saturated carbocycles. The molecule has 0 aliphatic heterocycles. The van der Waals surface area contributed by atoms with Gasteiger partial charge in [-0.15, -0.1) is 11.6 Å². The molecule has 1 unspecified atom stereocenters. The Morgan fingerprint density at radius 2 is 1.88 bits per heavy atom. The smallest absolute Gasteiger partial charge is 0.192 e. The Kier molecular flexibility index (Phi) is 4.49. The second-order valence-corrected chi connectivity index (χ2v) is 12.1. The molecule has 1 aliphatic rings. The molecule has 100 valence electrons. The molecule has 0 spiro atoms. The molecule has 0 N–H and O–H groups in total. The molecule has 1 rings (SSSR count). The lowest BCUT2D eigenvalue weighted by Crippen LogP contribution is -2.49. The Labute approximate surface area is 111 Å². The summed E-state index contributed by atoms with van der Waals surface area (Å²) in [5, 5.41) is 0.128. The van der Waals surface area contributed by atoms with Crippen LogP contribution >= 0.6 is 11.6 Å². The molecule has 0 saturated heterocycles. The molecular formula is C13H25ClO2Si. The third-order valence-electron chi connectivity index (χ3n) is 4.23. The first kappa shape index (κ1) is 15.2. The van der Waals surface area contributed by atoms with E-state index in [4.69, 9.17) is 16.0 Å². The van der Waals surface area contributed by atoms with Crippen LogP contribution in [0, 0.1) is 5.92 Å². The summed E-state index contributed by atoms with van der Waals surface area (Å²) in [5.41, 5.74) is 0. The molecule has 2 nitrogen and oxygen atoms in total. The molecule has 4 heteroatoms. The van der Waals surface area contributed by atoms with Crippen molar-refractivity contribution in [3.63, 3.8) is 0 Å². The van der Waals surface area contributed by atoms with Crippen molar-refractivity contribution in [2.45, 2.75) is 70.1 Å². The Hall–Kier alpha value is 0.137. The summed E-state index contributed by atoms with van der Waals surface area (Å²) in [6.07, 6.45) is 1.32. The molecule has 0 amide bonds. The van der Waals surface area contributed by atoms with E-state index in [1.165, 1.54) is 0 Å². The maximum atomic E-state index is 11.8. The number of alkyl halides is 1. The molecule has 0 radical (unpaired) electrons. The summed E-state index contributed by atoms with van der Waals surface area (Å²) >= 11 is 6.13. The van der Waals surface area contributed by atoms with Gasteiger partial charge in [0.1, 0.15) is 5.78 Å². The zero-order valence-electron chi connectivity index (χ0n) is 11.8. The molecule has 0 heterocycles. The predicted molar refractivity (Wildman–Crippen MR) is 75.1 cm³/mol. The molecule has 0 aromatic carbocycles. The number of ketones is 1. The minimum absolute atomic E-state index is 0.000810. The van der Waals surface area contributed by atoms with Crippen LogP contribution in [0.25, 0.3) is 0 Å². The number of halogens is 1. The van der Waals surface area contributed by atoms with E-state index in [9.17, 15) is 4.79 Å². The summed E-state index contributed by atoms with van der Waals surface area (Å²) in [4.78, 5) is 11.8. The van der Waals surface area contributed by atoms with E-state index in [1.807, 2.05) is 6.92 Å². The minimum Gasteiger partial charge on any atom is -0.413 e. The van der Waals surface area contributed by atoms with Crippen LogP contribution in [0.15, 0.2) is 0 Å². The molecular weight excluding hydrogens is 252 g/mol. The fraction of sp³-hybridized carbons (Fsp3) is 0.923. The Balaban J connectivity index is 2.76. The molecule has 0 bridgehead atoms. The van der Waals surface area contributed by atoms with Crippen LogP contribution in [0.4, 0.5) is 0 Å². The van der Waals surface area contributed by atoms with Crippen LogP contribution in [-0.4, -0.2) is 25.6 Å². The Morgan fingerprint density at radius 3 is 2.35 bits per heavy atom. The molecule has 1 fully saturated rings. The van der Waals surface area contributed by atoms with Crippen LogP contribution < -0.4 is 0 Å². The highest BCUT2D eigenvalue weighted by Gasteiger charge is 2.43. The van der Waals surface area contributed by atoms with Gasteiger partial charge in [0, 0.05) is 17.7 Å². The SMILES string of the molecule is C[C@@H]1C(=O)CC(Cl)C[C@@H]1O[Si](C)(C)C(C)(C)C. The highest BCUT2D eigenvalue weighted by Crippen LogP contribution is 2.40. The van der Waals surface area contributed by atoms with Crippen molar-refractivity contribution in [3.8, 4) is 0 Å². The second-order valence-electron chi connectivity index (χ2n) is 6.71.